The number of halogens is 1. The monoisotopic (exact) mass is 607 g/mol. The normalized spacial score (nSPS) is 20.4. The molecule has 1 aromatic carbocycles. The minimum absolute atomic E-state index is 0.125. The van der Waals surface area contributed by atoms with Crippen LogP contribution in [0.2, 0.25) is 5.02 Å². The maximum absolute atomic E-state index is 13.5. The van der Waals surface area contributed by atoms with Gasteiger partial charge in [0, 0.05) is 23.5 Å². The van der Waals surface area contributed by atoms with Crippen LogP contribution in [0.25, 0.3) is 0 Å². The van der Waals surface area contributed by atoms with Gasteiger partial charge in [-0.2, -0.15) is 4.89 Å². The van der Waals surface area contributed by atoms with Gasteiger partial charge in [0.15, 0.2) is 0 Å². The van der Waals surface area contributed by atoms with E-state index in [0.29, 0.717) is 18.0 Å². The number of benzene rings is 1. The van der Waals surface area contributed by atoms with Crippen LogP contribution in [0.3, 0.4) is 0 Å². The van der Waals surface area contributed by atoms with Crippen LogP contribution in [-0.4, -0.2) is 71.1 Å². The third kappa shape index (κ3) is 9.32. The molecule has 2 rings (SSSR count). The maximum Gasteiger partial charge on any atom is 0.511 e. The third-order valence-corrected chi connectivity index (χ3v) is 7.20. The standard InChI is InChI=1S/C25H39ClN3O10P/c1-16(2)19(28-21(31)27-13-24(5,6)38-22(32)36-15-37-39-40(34)35)20(30)29-12-11-25(33,23(3,4)14-29)17-7-9-18(26)10-8-17/h7-10,16,19,33,40H,11-15H2,1-6H3,(H,34,35)(H2,27,28,31)/t19-,25+/m1/s1. The zero-order valence-corrected chi connectivity index (χ0v) is 25.2. The van der Waals surface area contributed by atoms with Crippen molar-refractivity contribution in [2.75, 3.05) is 26.4 Å². The van der Waals surface area contributed by atoms with E-state index >= 15 is 0 Å². The Balaban J connectivity index is 1.95. The summed E-state index contributed by atoms with van der Waals surface area (Å²) in [4.78, 5) is 52.3. The molecule has 40 heavy (non-hydrogen) atoms. The summed E-state index contributed by atoms with van der Waals surface area (Å²) < 4.78 is 23.9. The van der Waals surface area contributed by atoms with Crippen molar-refractivity contribution in [3.8, 4) is 0 Å². The van der Waals surface area contributed by atoms with Crippen molar-refractivity contribution >= 4 is 37.9 Å². The van der Waals surface area contributed by atoms with Crippen LogP contribution in [0.1, 0.15) is 53.5 Å². The predicted octanol–water partition coefficient (Wildman–Crippen LogP) is 3.33. The van der Waals surface area contributed by atoms with Gasteiger partial charge in [-0.25, -0.2) is 9.59 Å². The molecule has 3 atom stereocenters. The highest BCUT2D eigenvalue weighted by Gasteiger charge is 2.50. The highest BCUT2D eigenvalue weighted by atomic mass is 35.5. The van der Waals surface area contributed by atoms with E-state index in [0.717, 1.165) is 5.56 Å². The number of nitrogens with one attached hydrogen (secondary N) is 2. The summed E-state index contributed by atoms with van der Waals surface area (Å²) in [6.45, 7) is 10.1. The average molecular weight is 608 g/mol. The quantitative estimate of drug-likeness (QED) is 0.0730. The largest absolute Gasteiger partial charge is 0.511 e. The lowest BCUT2D eigenvalue weighted by Crippen LogP contribution is -2.61. The van der Waals surface area contributed by atoms with Gasteiger partial charge in [-0.05, 0) is 43.9 Å². The molecule has 0 aliphatic carbocycles. The molecule has 1 aromatic rings. The molecule has 1 aliphatic heterocycles. The molecule has 1 saturated heterocycles. The first-order valence-corrected chi connectivity index (χ1v) is 14.3. The summed E-state index contributed by atoms with van der Waals surface area (Å²) in [6.07, 6.45) is -0.850. The van der Waals surface area contributed by atoms with Crippen molar-refractivity contribution in [2.24, 2.45) is 11.3 Å². The molecule has 1 aliphatic rings. The van der Waals surface area contributed by atoms with Crippen molar-refractivity contribution in [1.82, 2.24) is 15.5 Å². The number of urea groups is 1. The molecular formula is C25H39ClN3O10P. The van der Waals surface area contributed by atoms with E-state index in [1.807, 2.05) is 27.7 Å². The summed E-state index contributed by atoms with van der Waals surface area (Å²) in [5.74, 6) is -0.516. The molecule has 0 bridgehead atoms. The Labute approximate surface area is 239 Å². The van der Waals surface area contributed by atoms with Crippen LogP contribution >= 0.6 is 19.9 Å². The molecule has 4 N–H and O–H groups in total. The van der Waals surface area contributed by atoms with Crippen LogP contribution in [0.5, 0.6) is 0 Å². The zero-order chi connectivity index (χ0) is 30.3. The molecule has 13 nitrogen and oxygen atoms in total. The summed E-state index contributed by atoms with van der Waals surface area (Å²) in [5.41, 5.74) is -2.34. The molecule has 1 heterocycles. The maximum atomic E-state index is 13.5. The fourth-order valence-corrected chi connectivity index (χ4v) is 4.68. The minimum atomic E-state index is -3.34. The molecule has 0 saturated carbocycles. The lowest BCUT2D eigenvalue weighted by atomic mass is 9.66. The molecule has 1 fully saturated rings. The van der Waals surface area contributed by atoms with Gasteiger partial charge < -0.3 is 35.0 Å². The van der Waals surface area contributed by atoms with Gasteiger partial charge in [-0.15, -0.1) is 4.67 Å². The smallest absolute Gasteiger partial charge is 0.426 e. The molecule has 226 valence electrons. The van der Waals surface area contributed by atoms with Crippen LogP contribution in [0.4, 0.5) is 9.59 Å². The predicted molar refractivity (Wildman–Crippen MR) is 145 cm³/mol. The van der Waals surface area contributed by atoms with Crippen molar-refractivity contribution in [1.29, 1.82) is 0 Å². The average Bonchev–Trinajstić information content (AvgIpc) is 2.85. The Hall–Kier alpha value is -2.41. The van der Waals surface area contributed by atoms with Crippen LogP contribution in [-0.2, 0) is 34.0 Å². The second-order valence-corrected chi connectivity index (χ2v) is 12.3. The summed E-state index contributed by atoms with van der Waals surface area (Å²) in [7, 11) is -3.34. The fourth-order valence-electron chi connectivity index (χ4n) is 4.40. The molecule has 3 amide bonds. The molecule has 1 unspecified atom stereocenters. The Bertz CT molecular complexity index is 1070. The van der Waals surface area contributed by atoms with Crippen LogP contribution in [0.15, 0.2) is 24.3 Å². The third-order valence-electron chi connectivity index (χ3n) is 6.69. The molecule has 0 spiro atoms. The molecule has 15 heteroatoms. The van der Waals surface area contributed by atoms with E-state index in [9.17, 15) is 24.1 Å². The number of ether oxygens (including phenoxy) is 2. The van der Waals surface area contributed by atoms with Crippen molar-refractivity contribution in [2.45, 2.75) is 65.2 Å². The van der Waals surface area contributed by atoms with Gasteiger partial charge in [0.1, 0.15) is 11.6 Å². The first-order chi connectivity index (χ1) is 18.5. The first kappa shape index (κ1) is 33.8. The number of amides is 3. The highest BCUT2D eigenvalue weighted by Crippen LogP contribution is 2.46. The molecular weight excluding hydrogens is 569 g/mol. The van der Waals surface area contributed by atoms with Crippen LogP contribution < -0.4 is 10.6 Å². The van der Waals surface area contributed by atoms with Gasteiger partial charge in [0.25, 0.3) is 0 Å². The van der Waals surface area contributed by atoms with E-state index in [2.05, 4.69) is 24.9 Å². The highest BCUT2D eigenvalue weighted by molar-refractivity contribution is 7.31. The number of rotatable bonds is 11. The second kappa shape index (κ2) is 14.0. The van der Waals surface area contributed by atoms with Gasteiger partial charge in [0.05, 0.1) is 12.1 Å². The van der Waals surface area contributed by atoms with E-state index in [4.69, 9.17) is 21.2 Å². The van der Waals surface area contributed by atoms with Crippen molar-refractivity contribution in [3.05, 3.63) is 34.9 Å². The van der Waals surface area contributed by atoms with E-state index in [1.165, 1.54) is 13.8 Å². The van der Waals surface area contributed by atoms with Crippen molar-refractivity contribution in [3.63, 3.8) is 0 Å². The zero-order valence-electron chi connectivity index (χ0n) is 23.5. The Kier molecular flexibility index (Phi) is 11.8. The SMILES string of the molecule is CC(C)[C@@H](NC(=O)NCC(C)(C)OC(=O)OCOO[PH](=O)O)C(=O)N1CC[C@](O)(c2ccc(Cl)cc2)C(C)(C)C1. The second-order valence-electron chi connectivity index (χ2n) is 11.2. The number of nitrogens with zero attached hydrogens (tertiary/aromatic N) is 1. The number of hydrogen-bond donors (Lipinski definition) is 4. The summed E-state index contributed by atoms with van der Waals surface area (Å²) in [5, 5.41) is 17.4. The summed E-state index contributed by atoms with van der Waals surface area (Å²) in [6, 6.07) is 5.54. The number of likely N-dealkylation sites (tertiary alicyclic amines) is 1. The van der Waals surface area contributed by atoms with Crippen molar-refractivity contribution < 1.29 is 48.0 Å². The number of carbonyl (C=O) groups is 3. The van der Waals surface area contributed by atoms with Crippen LogP contribution in [0, 0.1) is 11.3 Å². The number of carbonyl (C=O) groups excluding carboxylic acids is 3. The first-order valence-electron chi connectivity index (χ1n) is 12.7. The van der Waals surface area contributed by atoms with Gasteiger partial charge in [-0.3, -0.25) is 9.36 Å². The molecule has 0 radical (unpaired) electrons. The Morgan fingerprint density at radius 1 is 1.20 bits per heavy atom. The van der Waals surface area contributed by atoms with Gasteiger partial charge in [0.2, 0.25) is 12.7 Å². The van der Waals surface area contributed by atoms with Gasteiger partial charge in [-0.1, -0.05) is 51.4 Å². The van der Waals surface area contributed by atoms with E-state index in [-0.39, 0.29) is 24.9 Å². The Morgan fingerprint density at radius 3 is 2.38 bits per heavy atom. The number of aliphatic hydroxyl groups is 1. The molecule has 0 aromatic heterocycles. The summed E-state index contributed by atoms with van der Waals surface area (Å²) >= 11 is 6.01. The number of hydrogen-bond acceptors (Lipinski definition) is 9. The topological polar surface area (TPSA) is 173 Å². The number of piperidine rings is 1. The minimum Gasteiger partial charge on any atom is -0.426 e. The van der Waals surface area contributed by atoms with E-state index < -0.39 is 49.9 Å². The fraction of sp³-hybridized carbons (Fsp3) is 0.640. The lowest BCUT2D eigenvalue weighted by Gasteiger charge is -2.51. The van der Waals surface area contributed by atoms with Gasteiger partial charge >= 0.3 is 20.4 Å². The Morgan fingerprint density at radius 2 is 1.82 bits per heavy atom. The lowest BCUT2D eigenvalue weighted by molar-refractivity contribution is -0.258. The van der Waals surface area contributed by atoms with E-state index in [1.54, 1.807) is 29.2 Å².